The van der Waals surface area contributed by atoms with Crippen LogP contribution in [0.1, 0.15) is 32.4 Å². The second-order valence-electron chi connectivity index (χ2n) is 8.42. The Morgan fingerprint density at radius 2 is 1.75 bits per heavy atom. The summed E-state index contributed by atoms with van der Waals surface area (Å²) >= 11 is 0. The zero-order chi connectivity index (χ0) is 23.3. The molecule has 1 fully saturated rings. The number of carbonyl (C=O) groups excluding carboxylic acids is 1. The van der Waals surface area contributed by atoms with Gasteiger partial charge < -0.3 is 14.4 Å². The molecule has 170 valence electrons. The molecule has 0 unspecified atom stereocenters. The average molecular weight is 452 g/mol. The van der Waals surface area contributed by atoms with Crippen LogP contribution < -0.4 is 4.74 Å². The van der Waals surface area contributed by atoms with Gasteiger partial charge >= 0.3 is 12.5 Å². The number of rotatable bonds is 3. The fourth-order valence-electron chi connectivity index (χ4n) is 3.45. The fraction of sp³-hybridized carbons (Fsp3) is 0.381. The highest BCUT2D eigenvalue weighted by Gasteiger charge is 2.38. The average Bonchev–Trinajstić information content (AvgIpc) is 2.99. The van der Waals surface area contributed by atoms with Crippen molar-refractivity contribution in [2.45, 2.75) is 38.7 Å². The van der Waals surface area contributed by atoms with Gasteiger partial charge in [0.1, 0.15) is 11.4 Å². The number of aromatic nitrogens is 3. The van der Waals surface area contributed by atoms with Crippen LogP contribution in [-0.4, -0.2) is 50.8 Å². The largest absolute Gasteiger partial charge is 0.573 e. The number of hydrogen-bond donors (Lipinski definition) is 0. The number of ether oxygens (including phenoxy) is 2. The molecule has 0 aliphatic carbocycles. The number of alkyl halides is 3. The molecule has 1 aliphatic rings. The van der Waals surface area contributed by atoms with Crippen molar-refractivity contribution < 1.29 is 31.8 Å². The van der Waals surface area contributed by atoms with Crippen LogP contribution in [0.25, 0.3) is 16.6 Å². The van der Waals surface area contributed by atoms with Crippen molar-refractivity contribution in [1.29, 1.82) is 0 Å². The summed E-state index contributed by atoms with van der Waals surface area (Å²) < 4.78 is 62.5. The number of nitrogens with zero attached hydrogens (tertiary/aromatic N) is 4. The van der Waals surface area contributed by atoms with Crippen LogP contribution in [0.4, 0.5) is 22.4 Å². The maximum atomic E-state index is 14.6. The third-order valence-corrected chi connectivity index (χ3v) is 4.81. The number of hydrogen-bond acceptors (Lipinski definition) is 5. The van der Waals surface area contributed by atoms with Crippen molar-refractivity contribution in [2.24, 2.45) is 0 Å². The molecule has 0 bridgehead atoms. The summed E-state index contributed by atoms with van der Waals surface area (Å²) in [7, 11) is 0. The molecule has 11 heteroatoms. The van der Waals surface area contributed by atoms with E-state index in [9.17, 15) is 22.4 Å². The Bertz CT molecular complexity index is 1150. The number of benzene rings is 1. The quantitative estimate of drug-likeness (QED) is 0.422. The number of halogens is 4. The van der Waals surface area contributed by atoms with E-state index in [0.29, 0.717) is 30.0 Å². The fourth-order valence-corrected chi connectivity index (χ4v) is 3.45. The standard InChI is InChI=1S/C21H20F4N4O3/c1-20(2,3)32-19(30)28-10-12(11-28)17-16-15(8-9-26-18(16)22)29(27-17)13-4-6-14(7-5-13)31-21(23,24)25/h4-9,12H,10-11H2,1-3H3. The molecule has 0 atom stereocenters. The smallest absolute Gasteiger partial charge is 0.444 e. The van der Waals surface area contributed by atoms with Gasteiger partial charge in [-0.25, -0.2) is 14.5 Å². The lowest BCUT2D eigenvalue weighted by Gasteiger charge is -2.39. The highest BCUT2D eigenvalue weighted by molar-refractivity contribution is 5.84. The Kier molecular flexibility index (Phi) is 5.22. The summed E-state index contributed by atoms with van der Waals surface area (Å²) in [5.41, 5.74) is 0.618. The predicted octanol–water partition coefficient (Wildman–Crippen LogP) is 4.79. The first-order chi connectivity index (χ1) is 14.9. The van der Waals surface area contributed by atoms with Crippen molar-refractivity contribution in [1.82, 2.24) is 19.7 Å². The molecule has 0 radical (unpaired) electrons. The topological polar surface area (TPSA) is 69.5 Å². The van der Waals surface area contributed by atoms with E-state index >= 15 is 0 Å². The summed E-state index contributed by atoms with van der Waals surface area (Å²) in [5, 5.41) is 4.72. The van der Waals surface area contributed by atoms with Crippen molar-refractivity contribution in [3.05, 3.63) is 48.2 Å². The second-order valence-corrected chi connectivity index (χ2v) is 8.42. The number of fused-ring (bicyclic) bond motifs is 1. The van der Waals surface area contributed by atoms with E-state index in [2.05, 4.69) is 14.8 Å². The summed E-state index contributed by atoms with van der Waals surface area (Å²) in [6.45, 7) is 5.90. The lowest BCUT2D eigenvalue weighted by Crippen LogP contribution is -2.50. The van der Waals surface area contributed by atoms with Crippen molar-refractivity contribution in [3.63, 3.8) is 0 Å². The minimum atomic E-state index is -4.80. The maximum Gasteiger partial charge on any atom is 0.573 e. The summed E-state index contributed by atoms with van der Waals surface area (Å²) in [6.07, 6.45) is -3.97. The van der Waals surface area contributed by atoms with Crippen LogP contribution in [0.3, 0.4) is 0 Å². The molecule has 0 N–H and O–H groups in total. The monoisotopic (exact) mass is 452 g/mol. The number of amides is 1. The minimum Gasteiger partial charge on any atom is -0.444 e. The summed E-state index contributed by atoms with van der Waals surface area (Å²) in [6, 6.07) is 6.66. The van der Waals surface area contributed by atoms with E-state index < -0.39 is 24.0 Å². The minimum absolute atomic E-state index is 0.206. The van der Waals surface area contributed by atoms with Gasteiger partial charge in [-0.05, 0) is 51.1 Å². The molecular formula is C21H20F4N4O3. The Morgan fingerprint density at radius 1 is 1.09 bits per heavy atom. The molecule has 1 aromatic carbocycles. The van der Waals surface area contributed by atoms with E-state index in [1.165, 1.54) is 27.9 Å². The number of pyridine rings is 1. The van der Waals surface area contributed by atoms with Gasteiger partial charge in [-0.3, -0.25) is 0 Å². The Labute approximate surface area is 180 Å². The van der Waals surface area contributed by atoms with Gasteiger partial charge in [-0.15, -0.1) is 13.2 Å². The first kappa shape index (κ1) is 21.8. The van der Waals surface area contributed by atoms with Gasteiger partial charge in [0.05, 0.1) is 22.3 Å². The van der Waals surface area contributed by atoms with Crippen LogP contribution in [0, 0.1) is 5.95 Å². The van der Waals surface area contributed by atoms with Crippen LogP contribution in [0.15, 0.2) is 36.5 Å². The molecule has 1 aliphatic heterocycles. The Hall–Kier alpha value is -3.37. The van der Waals surface area contributed by atoms with Crippen LogP contribution in [0.2, 0.25) is 0 Å². The van der Waals surface area contributed by atoms with Gasteiger partial charge in [0.15, 0.2) is 0 Å². The van der Waals surface area contributed by atoms with E-state index in [-0.39, 0.29) is 17.1 Å². The van der Waals surface area contributed by atoms with Crippen molar-refractivity contribution in [3.8, 4) is 11.4 Å². The highest BCUT2D eigenvalue weighted by Crippen LogP contribution is 2.35. The first-order valence-electron chi connectivity index (χ1n) is 9.78. The normalized spacial score (nSPS) is 15.0. The Morgan fingerprint density at radius 3 is 2.34 bits per heavy atom. The highest BCUT2D eigenvalue weighted by atomic mass is 19.4. The molecule has 1 amide bonds. The van der Waals surface area contributed by atoms with Crippen LogP contribution >= 0.6 is 0 Å². The molecule has 3 heterocycles. The summed E-state index contributed by atoms with van der Waals surface area (Å²) in [4.78, 5) is 17.4. The van der Waals surface area contributed by atoms with Gasteiger partial charge in [-0.2, -0.15) is 9.49 Å². The van der Waals surface area contributed by atoms with E-state index in [0.717, 1.165) is 12.1 Å². The molecule has 2 aromatic heterocycles. The lowest BCUT2D eigenvalue weighted by molar-refractivity contribution is -0.274. The molecule has 3 aromatic rings. The van der Waals surface area contributed by atoms with Crippen molar-refractivity contribution >= 4 is 17.0 Å². The van der Waals surface area contributed by atoms with Gasteiger partial charge in [-0.1, -0.05) is 0 Å². The summed E-state index contributed by atoms with van der Waals surface area (Å²) in [5.74, 6) is -1.33. The van der Waals surface area contributed by atoms with E-state index in [4.69, 9.17) is 4.74 Å². The SMILES string of the molecule is CC(C)(C)OC(=O)N1CC(c2nn(-c3ccc(OC(F)(F)F)cc3)c3ccnc(F)c23)C1. The second kappa shape index (κ2) is 7.64. The molecule has 7 nitrogen and oxygen atoms in total. The van der Waals surface area contributed by atoms with Crippen LogP contribution in [-0.2, 0) is 4.74 Å². The van der Waals surface area contributed by atoms with Gasteiger partial charge in [0.25, 0.3) is 0 Å². The molecule has 0 spiro atoms. The van der Waals surface area contributed by atoms with Crippen LogP contribution in [0.5, 0.6) is 5.75 Å². The number of carbonyl (C=O) groups is 1. The predicted molar refractivity (Wildman–Crippen MR) is 106 cm³/mol. The zero-order valence-electron chi connectivity index (χ0n) is 17.5. The van der Waals surface area contributed by atoms with Gasteiger partial charge in [0, 0.05) is 25.2 Å². The Balaban J connectivity index is 1.62. The third kappa shape index (κ3) is 4.46. The molecule has 32 heavy (non-hydrogen) atoms. The lowest BCUT2D eigenvalue weighted by atomic mass is 9.95. The number of likely N-dealkylation sites (tertiary alicyclic amines) is 1. The molecule has 0 saturated carbocycles. The van der Waals surface area contributed by atoms with Crippen molar-refractivity contribution in [2.75, 3.05) is 13.1 Å². The maximum absolute atomic E-state index is 14.6. The molecule has 4 rings (SSSR count). The first-order valence-corrected chi connectivity index (χ1v) is 9.78. The third-order valence-electron chi connectivity index (χ3n) is 4.81. The molecule has 1 saturated heterocycles. The zero-order valence-corrected chi connectivity index (χ0v) is 17.5. The van der Waals surface area contributed by atoms with Gasteiger partial charge in [0.2, 0.25) is 5.95 Å². The molecular weight excluding hydrogens is 432 g/mol. The van der Waals surface area contributed by atoms with E-state index in [1.54, 1.807) is 26.8 Å². The van der Waals surface area contributed by atoms with E-state index in [1.807, 2.05) is 0 Å².